The first-order valence-electron chi connectivity index (χ1n) is 6.39. The first kappa shape index (κ1) is 12.6. The summed E-state index contributed by atoms with van der Waals surface area (Å²) < 4.78 is 1.54. The van der Waals surface area contributed by atoms with E-state index in [1.807, 2.05) is 6.92 Å². The van der Waals surface area contributed by atoms with Crippen molar-refractivity contribution in [1.82, 2.24) is 19.5 Å². The number of rotatable bonds is 5. The molecular weight excluding hydrogens is 232 g/mol. The van der Waals surface area contributed by atoms with E-state index in [4.69, 9.17) is 0 Å². The predicted octanol–water partition coefficient (Wildman–Crippen LogP) is 1.17. The molecule has 6 nitrogen and oxygen atoms in total. The highest BCUT2D eigenvalue weighted by molar-refractivity contribution is 5.69. The molecule has 0 atom stereocenters. The molecule has 2 N–H and O–H groups in total. The van der Waals surface area contributed by atoms with Crippen LogP contribution in [0.5, 0.6) is 0 Å². The van der Waals surface area contributed by atoms with Crippen LogP contribution in [-0.2, 0) is 13.0 Å². The molecule has 0 saturated carbocycles. The van der Waals surface area contributed by atoms with Crippen molar-refractivity contribution >= 4 is 11.2 Å². The lowest BCUT2D eigenvalue weighted by molar-refractivity contribution is 0.588. The molecule has 0 aliphatic carbocycles. The van der Waals surface area contributed by atoms with Crippen LogP contribution < -0.4 is 11.2 Å². The van der Waals surface area contributed by atoms with Gasteiger partial charge in [0, 0.05) is 13.0 Å². The molecule has 0 radical (unpaired) electrons. The Morgan fingerprint density at radius 2 is 1.94 bits per heavy atom. The zero-order valence-corrected chi connectivity index (χ0v) is 10.7. The Balaban J connectivity index is 2.53. The van der Waals surface area contributed by atoms with Gasteiger partial charge in [0.1, 0.15) is 11.3 Å². The molecule has 2 aromatic heterocycles. The van der Waals surface area contributed by atoms with Crippen LogP contribution in [0.1, 0.15) is 38.9 Å². The highest BCUT2D eigenvalue weighted by Crippen LogP contribution is 2.07. The highest BCUT2D eigenvalue weighted by atomic mass is 16.2. The lowest BCUT2D eigenvalue weighted by Crippen LogP contribution is -2.30. The Labute approximate surface area is 104 Å². The average molecular weight is 250 g/mol. The molecule has 0 aliphatic heterocycles. The van der Waals surface area contributed by atoms with Gasteiger partial charge in [-0.05, 0) is 6.42 Å². The van der Waals surface area contributed by atoms with Gasteiger partial charge in [0.2, 0.25) is 0 Å². The molecule has 0 amide bonds. The third-order valence-corrected chi connectivity index (χ3v) is 3.00. The van der Waals surface area contributed by atoms with Gasteiger partial charge in [-0.15, -0.1) is 0 Å². The van der Waals surface area contributed by atoms with Gasteiger partial charge < -0.3 is 4.98 Å². The summed E-state index contributed by atoms with van der Waals surface area (Å²) in [6, 6.07) is 0. The largest absolute Gasteiger partial charge is 0.336 e. The third kappa shape index (κ3) is 2.23. The summed E-state index contributed by atoms with van der Waals surface area (Å²) in [4.78, 5) is 33.1. The van der Waals surface area contributed by atoms with Gasteiger partial charge in [-0.3, -0.25) is 14.3 Å². The number of hydrogen-bond donors (Lipinski definition) is 2. The second kappa shape index (κ2) is 5.20. The van der Waals surface area contributed by atoms with E-state index < -0.39 is 5.56 Å². The van der Waals surface area contributed by atoms with Gasteiger partial charge in [0.25, 0.3) is 5.56 Å². The maximum Gasteiger partial charge on any atom is 0.330 e. The van der Waals surface area contributed by atoms with E-state index in [1.54, 1.807) is 4.57 Å². The lowest BCUT2D eigenvalue weighted by atomic mass is 10.2. The number of fused-ring (bicyclic) bond motifs is 1. The number of aromatic amines is 2. The summed E-state index contributed by atoms with van der Waals surface area (Å²) in [6.45, 7) is 4.65. The van der Waals surface area contributed by atoms with Gasteiger partial charge in [0.15, 0.2) is 5.65 Å². The number of H-pyrrole nitrogens is 2. The molecule has 0 aliphatic rings. The molecule has 2 heterocycles. The molecule has 0 saturated heterocycles. The zero-order valence-electron chi connectivity index (χ0n) is 10.7. The van der Waals surface area contributed by atoms with Crippen molar-refractivity contribution < 1.29 is 0 Å². The van der Waals surface area contributed by atoms with Gasteiger partial charge in [-0.2, -0.15) is 0 Å². The van der Waals surface area contributed by atoms with Crippen LogP contribution in [0.2, 0.25) is 0 Å². The molecule has 0 fully saturated rings. The first-order chi connectivity index (χ1) is 8.67. The van der Waals surface area contributed by atoms with Gasteiger partial charge in [-0.25, -0.2) is 9.78 Å². The molecular formula is C12H18N4O2. The van der Waals surface area contributed by atoms with E-state index in [-0.39, 0.29) is 5.69 Å². The van der Waals surface area contributed by atoms with E-state index in [0.717, 1.165) is 25.1 Å². The van der Waals surface area contributed by atoms with Crippen LogP contribution in [0.25, 0.3) is 11.2 Å². The molecule has 98 valence electrons. The lowest BCUT2D eigenvalue weighted by Gasteiger charge is -2.04. The van der Waals surface area contributed by atoms with Crippen LogP contribution >= 0.6 is 0 Å². The van der Waals surface area contributed by atoms with E-state index >= 15 is 0 Å². The molecule has 18 heavy (non-hydrogen) atoms. The highest BCUT2D eigenvalue weighted by Gasteiger charge is 2.11. The SMILES string of the molecule is CCCCCn1c(=O)[nH]c(=O)c2[nH]c(CC)nc21. The van der Waals surface area contributed by atoms with E-state index in [9.17, 15) is 9.59 Å². The number of aromatic nitrogens is 4. The fourth-order valence-electron chi connectivity index (χ4n) is 1.98. The number of hydrogen-bond acceptors (Lipinski definition) is 3. The molecule has 0 unspecified atom stereocenters. The quantitative estimate of drug-likeness (QED) is 0.781. The fourth-order valence-corrected chi connectivity index (χ4v) is 1.98. The van der Waals surface area contributed by atoms with E-state index in [0.29, 0.717) is 24.1 Å². The van der Waals surface area contributed by atoms with Crippen molar-refractivity contribution in [3.8, 4) is 0 Å². The Hall–Kier alpha value is -1.85. The molecule has 2 rings (SSSR count). The Bertz CT molecular complexity index is 650. The minimum absolute atomic E-state index is 0.377. The summed E-state index contributed by atoms with van der Waals surface area (Å²) in [5.74, 6) is 0.727. The number of nitrogens with one attached hydrogen (secondary N) is 2. The first-order valence-corrected chi connectivity index (χ1v) is 6.39. The zero-order chi connectivity index (χ0) is 13.1. The summed E-state index contributed by atoms with van der Waals surface area (Å²) in [6.07, 6.45) is 3.75. The smallest absolute Gasteiger partial charge is 0.330 e. The second-order valence-electron chi connectivity index (χ2n) is 4.35. The normalized spacial score (nSPS) is 11.2. The second-order valence-corrected chi connectivity index (χ2v) is 4.35. The summed E-state index contributed by atoms with van der Waals surface area (Å²) >= 11 is 0. The van der Waals surface area contributed by atoms with Crippen LogP contribution in [0.4, 0.5) is 0 Å². The third-order valence-electron chi connectivity index (χ3n) is 3.00. The van der Waals surface area contributed by atoms with Crippen molar-refractivity contribution in [2.24, 2.45) is 0 Å². The van der Waals surface area contributed by atoms with E-state index in [2.05, 4.69) is 21.9 Å². The molecule has 2 aromatic rings. The average Bonchev–Trinajstić information content (AvgIpc) is 2.78. The van der Waals surface area contributed by atoms with Gasteiger partial charge >= 0.3 is 5.69 Å². The van der Waals surface area contributed by atoms with Crippen LogP contribution in [-0.4, -0.2) is 19.5 Å². The molecule has 0 bridgehead atoms. The Morgan fingerprint density at radius 3 is 2.61 bits per heavy atom. The van der Waals surface area contributed by atoms with Crippen LogP contribution in [0.15, 0.2) is 9.59 Å². The number of imidazole rings is 1. The summed E-state index contributed by atoms with van der Waals surface area (Å²) in [5, 5.41) is 0. The maximum atomic E-state index is 11.8. The van der Waals surface area contributed by atoms with Crippen LogP contribution in [0.3, 0.4) is 0 Å². The Kier molecular flexibility index (Phi) is 3.64. The molecule has 6 heteroatoms. The van der Waals surface area contributed by atoms with Gasteiger partial charge in [0.05, 0.1) is 0 Å². The minimum Gasteiger partial charge on any atom is -0.336 e. The summed E-state index contributed by atoms with van der Waals surface area (Å²) in [5.41, 5.74) is 0.0892. The standard InChI is InChI=1S/C12H18N4O2/c1-3-5-6-7-16-10-9(11(17)15-12(16)18)13-8(4-2)14-10/h3-7H2,1-2H3,(H,13,14)(H,15,17,18). The van der Waals surface area contributed by atoms with Crippen molar-refractivity contribution in [2.45, 2.75) is 46.1 Å². The fraction of sp³-hybridized carbons (Fsp3) is 0.583. The predicted molar refractivity (Wildman–Crippen MR) is 69.9 cm³/mol. The van der Waals surface area contributed by atoms with Crippen molar-refractivity contribution in [2.75, 3.05) is 0 Å². The minimum atomic E-state index is -0.394. The van der Waals surface area contributed by atoms with Crippen molar-refractivity contribution in [1.29, 1.82) is 0 Å². The van der Waals surface area contributed by atoms with Crippen molar-refractivity contribution in [3.05, 3.63) is 26.7 Å². The summed E-state index contributed by atoms with van der Waals surface area (Å²) in [7, 11) is 0. The Morgan fingerprint density at radius 1 is 1.17 bits per heavy atom. The van der Waals surface area contributed by atoms with Crippen molar-refractivity contribution in [3.63, 3.8) is 0 Å². The number of nitrogens with zero attached hydrogens (tertiary/aromatic N) is 2. The molecule has 0 spiro atoms. The van der Waals surface area contributed by atoms with Crippen LogP contribution in [0, 0.1) is 0 Å². The molecule has 0 aromatic carbocycles. The van der Waals surface area contributed by atoms with Gasteiger partial charge in [-0.1, -0.05) is 26.7 Å². The maximum absolute atomic E-state index is 11.8. The topological polar surface area (TPSA) is 83.5 Å². The monoisotopic (exact) mass is 250 g/mol. The number of aryl methyl sites for hydroxylation is 2. The number of unbranched alkanes of at least 4 members (excludes halogenated alkanes) is 2. The van der Waals surface area contributed by atoms with E-state index in [1.165, 1.54) is 0 Å².